The van der Waals surface area contributed by atoms with E-state index in [1.807, 2.05) is 0 Å². The molecule has 1 heterocycles. The third kappa shape index (κ3) is 10.2. The Bertz CT molecular complexity index is 399. The third-order valence-electron chi connectivity index (χ3n) is 4.99. The lowest BCUT2D eigenvalue weighted by atomic mass is 9.96. The van der Waals surface area contributed by atoms with Crippen LogP contribution >= 0.6 is 12.4 Å². The van der Waals surface area contributed by atoms with Crippen molar-refractivity contribution in [2.24, 2.45) is 0 Å². The number of hydrogen-bond acceptors (Lipinski definition) is 4. The zero-order chi connectivity index (χ0) is 17.7. The average molecular weight is 390 g/mol. The Hall–Kier alpha value is -1.05. The van der Waals surface area contributed by atoms with E-state index < -0.39 is 0 Å². The molecule has 2 rings (SSSR count). The molecule has 0 spiro atoms. The number of rotatable bonds is 9. The fraction of sp³-hybridized carbons (Fsp3) is 0.889. The number of piperazine rings is 1. The lowest BCUT2D eigenvalue weighted by Gasteiger charge is -2.27. The first kappa shape index (κ1) is 23.0. The first-order valence-electron chi connectivity index (χ1n) is 9.98. The van der Waals surface area contributed by atoms with Gasteiger partial charge < -0.3 is 26.2 Å². The molecule has 0 aromatic heterocycles. The fourth-order valence-corrected chi connectivity index (χ4v) is 3.49. The standard InChI is InChI=1S/C18H35N5O2.ClH/c24-17(20-10-5-13-23-14-11-19-12-15-23)8-4-9-21-18(25)22-16-6-2-1-3-7-16;/h16,19H,1-15H2,(H,20,24)(H2,21,22,25);1H. The monoisotopic (exact) mass is 389 g/mol. The van der Waals surface area contributed by atoms with E-state index in [0.717, 1.165) is 58.5 Å². The van der Waals surface area contributed by atoms with E-state index in [1.54, 1.807) is 0 Å². The average Bonchev–Trinajstić information content (AvgIpc) is 2.64. The molecule has 2 aliphatic rings. The van der Waals surface area contributed by atoms with Gasteiger partial charge in [0.15, 0.2) is 0 Å². The molecule has 0 aromatic carbocycles. The highest BCUT2D eigenvalue weighted by Gasteiger charge is 2.15. The number of carbonyl (C=O) groups is 2. The van der Waals surface area contributed by atoms with Crippen LogP contribution in [0.3, 0.4) is 0 Å². The molecule has 2 fully saturated rings. The van der Waals surface area contributed by atoms with Crippen molar-refractivity contribution >= 4 is 24.3 Å². The predicted octanol–water partition coefficient (Wildman–Crippen LogP) is 1.23. The van der Waals surface area contributed by atoms with Crippen molar-refractivity contribution in [2.75, 3.05) is 45.8 Å². The number of amides is 3. The topological polar surface area (TPSA) is 85.5 Å². The van der Waals surface area contributed by atoms with Gasteiger partial charge in [-0.25, -0.2) is 4.79 Å². The summed E-state index contributed by atoms with van der Waals surface area (Å²) in [5, 5.41) is 12.2. The van der Waals surface area contributed by atoms with Gasteiger partial charge in [-0.05, 0) is 32.2 Å². The van der Waals surface area contributed by atoms with Gasteiger partial charge in [0, 0.05) is 51.7 Å². The number of nitrogens with one attached hydrogen (secondary N) is 4. The van der Waals surface area contributed by atoms with E-state index in [1.165, 1.54) is 19.3 Å². The highest BCUT2D eigenvalue weighted by Crippen LogP contribution is 2.17. The summed E-state index contributed by atoms with van der Waals surface area (Å²) in [6, 6.07) is 0.232. The molecule has 0 radical (unpaired) electrons. The van der Waals surface area contributed by atoms with E-state index in [-0.39, 0.29) is 24.3 Å². The second-order valence-corrected chi connectivity index (χ2v) is 7.13. The van der Waals surface area contributed by atoms with Crippen LogP contribution in [0.25, 0.3) is 0 Å². The zero-order valence-corrected chi connectivity index (χ0v) is 16.7. The summed E-state index contributed by atoms with van der Waals surface area (Å²) < 4.78 is 0. The van der Waals surface area contributed by atoms with Crippen LogP contribution in [0.15, 0.2) is 0 Å². The Morgan fingerprint density at radius 3 is 2.38 bits per heavy atom. The molecule has 1 aliphatic carbocycles. The van der Waals surface area contributed by atoms with Crippen molar-refractivity contribution in [3.05, 3.63) is 0 Å². The van der Waals surface area contributed by atoms with Gasteiger partial charge in [0.05, 0.1) is 0 Å². The minimum Gasteiger partial charge on any atom is -0.356 e. The van der Waals surface area contributed by atoms with Crippen LogP contribution < -0.4 is 21.3 Å². The molecule has 0 atom stereocenters. The van der Waals surface area contributed by atoms with Gasteiger partial charge in [0.25, 0.3) is 0 Å². The number of urea groups is 1. The normalized spacial score (nSPS) is 18.6. The smallest absolute Gasteiger partial charge is 0.315 e. The van der Waals surface area contributed by atoms with Gasteiger partial charge in [0.2, 0.25) is 5.91 Å². The molecule has 8 heteroatoms. The Morgan fingerprint density at radius 1 is 0.962 bits per heavy atom. The first-order valence-corrected chi connectivity index (χ1v) is 9.98. The Balaban J connectivity index is 0.00000338. The van der Waals surface area contributed by atoms with Gasteiger partial charge in [0.1, 0.15) is 0 Å². The second-order valence-electron chi connectivity index (χ2n) is 7.13. The van der Waals surface area contributed by atoms with E-state index in [9.17, 15) is 9.59 Å². The van der Waals surface area contributed by atoms with Crippen molar-refractivity contribution in [3.63, 3.8) is 0 Å². The first-order chi connectivity index (χ1) is 12.2. The van der Waals surface area contributed by atoms with Crippen LogP contribution in [-0.2, 0) is 4.79 Å². The van der Waals surface area contributed by atoms with E-state index >= 15 is 0 Å². The fourth-order valence-electron chi connectivity index (χ4n) is 3.49. The molecule has 7 nitrogen and oxygen atoms in total. The van der Waals surface area contributed by atoms with E-state index in [2.05, 4.69) is 26.2 Å². The highest BCUT2D eigenvalue weighted by molar-refractivity contribution is 5.85. The van der Waals surface area contributed by atoms with Crippen LogP contribution in [0.2, 0.25) is 0 Å². The zero-order valence-electron chi connectivity index (χ0n) is 15.9. The minimum atomic E-state index is -0.0941. The van der Waals surface area contributed by atoms with Crippen LogP contribution in [0.5, 0.6) is 0 Å². The van der Waals surface area contributed by atoms with Crippen molar-refractivity contribution in [3.8, 4) is 0 Å². The predicted molar refractivity (Wildman–Crippen MR) is 107 cm³/mol. The molecular weight excluding hydrogens is 354 g/mol. The number of halogens is 1. The minimum absolute atomic E-state index is 0. The lowest BCUT2D eigenvalue weighted by Crippen LogP contribution is -2.44. The molecular formula is C18H36ClN5O2. The lowest BCUT2D eigenvalue weighted by molar-refractivity contribution is -0.121. The van der Waals surface area contributed by atoms with Crippen molar-refractivity contribution < 1.29 is 9.59 Å². The summed E-state index contributed by atoms with van der Waals surface area (Å²) in [4.78, 5) is 26.0. The summed E-state index contributed by atoms with van der Waals surface area (Å²) >= 11 is 0. The van der Waals surface area contributed by atoms with Crippen LogP contribution in [0.4, 0.5) is 4.79 Å². The quantitative estimate of drug-likeness (QED) is 0.447. The highest BCUT2D eigenvalue weighted by atomic mass is 35.5. The van der Waals surface area contributed by atoms with Crippen molar-refractivity contribution in [1.82, 2.24) is 26.2 Å². The SMILES string of the molecule is Cl.O=C(CCCNC(=O)NC1CCCCC1)NCCCN1CCNCC1. The molecule has 0 aromatic rings. The molecule has 152 valence electrons. The maximum atomic E-state index is 11.8. The van der Waals surface area contributed by atoms with Gasteiger partial charge in [-0.3, -0.25) is 4.79 Å². The van der Waals surface area contributed by atoms with Crippen molar-refractivity contribution in [1.29, 1.82) is 0 Å². The number of nitrogens with zero attached hydrogens (tertiary/aromatic N) is 1. The molecule has 1 saturated carbocycles. The maximum Gasteiger partial charge on any atom is 0.315 e. The molecule has 0 bridgehead atoms. The molecule has 3 amide bonds. The Labute approximate surface area is 163 Å². The second kappa shape index (κ2) is 14.1. The summed E-state index contributed by atoms with van der Waals surface area (Å²) in [5.74, 6) is 0.0785. The van der Waals surface area contributed by atoms with E-state index in [0.29, 0.717) is 25.4 Å². The van der Waals surface area contributed by atoms with Crippen LogP contribution in [0.1, 0.15) is 51.4 Å². The third-order valence-corrected chi connectivity index (χ3v) is 4.99. The molecule has 1 aliphatic heterocycles. The Kier molecular flexibility index (Phi) is 12.4. The van der Waals surface area contributed by atoms with Gasteiger partial charge in [-0.1, -0.05) is 19.3 Å². The molecule has 4 N–H and O–H groups in total. The van der Waals surface area contributed by atoms with Crippen molar-refractivity contribution in [2.45, 2.75) is 57.4 Å². The number of hydrogen-bond donors (Lipinski definition) is 4. The summed E-state index contributed by atoms with van der Waals surface area (Å²) in [7, 11) is 0. The van der Waals surface area contributed by atoms with Gasteiger partial charge >= 0.3 is 6.03 Å². The summed E-state index contributed by atoms with van der Waals surface area (Å²) in [6.45, 7) is 6.66. The molecule has 1 saturated heterocycles. The number of carbonyl (C=O) groups excluding carboxylic acids is 2. The molecule has 0 unspecified atom stereocenters. The molecule has 26 heavy (non-hydrogen) atoms. The summed E-state index contributed by atoms with van der Waals surface area (Å²) in [6.07, 6.45) is 8.02. The maximum absolute atomic E-state index is 11.8. The van der Waals surface area contributed by atoms with Gasteiger partial charge in [-0.2, -0.15) is 0 Å². The van der Waals surface area contributed by atoms with Crippen LogP contribution in [-0.4, -0.2) is 68.7 Å². The van der Waals surface area contributed by atoms with E-state index in [4.69, 9.17) is 0 Å². The largest absolute Gasteiger partial charge is 0.356 e. The Morgan fingerprint density at radius 2 is 1.65 bits per heavy atom. The van der Waals surface area contributed by atoms with Gasteiger partial charge in [-0.15, -0.1) is 12.4 Å². The van der Waals surface area contributed by atoms with Crippen LogP contribution in [0, 0.1) is 0 Å². The summed E-state index contributed by atoms with van der Waals surface area (Å²) in [5.41, 5.74) is 0.